The lowest BCUT2D eigenvalue weighted by molar-refractivity contribution is 0.352. The van der Waals surface area contributed by atoms with Gasteiger partial charge in [0.2, 0.25) is 5.95 Å². The Kier molecular flexibility index (Phi) is 6.04. The minimum Gasteiger partial charge on any atom is -0.508 e. The zero-order valence-corrected chi connectivity index (χ0v) is 18.0. The van der Waals surface area contributed by atoms with Gasteiger partial charge in [-0.25, -0.2) is 4.98 Å². The molecule has 0 atom stereocenters. The Morgan fingerprint density at radius 3 is 2.47 bits per heavy atom. The van der Waals surface area contributed by atoms with E-state index in [-0.39, 0.29) is 0 Å². The number of hydrogen-bond acceptors (Lipinski definition) is 6. The summed E-state index contributed by atoms with van der Waals surface area (Å²) in [7, 11) is 4.04. The quantitative estimate of drug-likeness (QED) is 0.570. The Labute approximate surface area is 178 Å². The van der Waals surface area contributed by atoms with Crippen molar-refractivity contribution in [3.05, 3.63) is 53.6 Å². The van der Waals surface area contributed by atoms with E-state index in [2.05, 4.69) is 22.8 Å². The maximum atomic E-state index is 9.68. The molecule has 6 nitrogen and oxygen atoms in total. The third kappa shape index (κ3) is 4.65. The molecule has 0 radical (unpaired) electrons. The molecular weight excluding hydrogens is 374 g/mol. The SMILES string of the molecule is Cc1cc(CNC2CCC(Nc3nc(N(C)C)c4ccccc4n3)CC2)ccc1O. The van der Waals surface area contributed by atoms with Crippen molar-refractivity contribution in [2.75, 3.05) is 24.3 Å². The summed E-state index contributed by atoms with van der Waals surface area (Å²) < 4.78 is 0. The first kappa shape index (κ1) is 20.4. The van der Waals surface area contributed by atoms with E-state index >= 15 is 0 Å². The van der Waals surface area contributed by atoms with Gasteiger partial charge in [-0.1, -0.05) is 24.3 Å². The predicted molar refractivity (Wildman–Crippen MR) is 123 cm³/mol. The standard InChI is InChI=1S/C24H31N5O/c1-16-14-17(8-13-22(16)30)15-25-18-9-11-19(12-10-18)26-24-27-21-7-5-4-6-20(21)23(28-24)29(2)3/h4-8,13-14,18-19,25,30H,9-12,15H2,1-3H3,(H,26,27,28). The number of anilines is 2. The molecule has 0 unspecified atom stereocenters. The molecule has 1 heterocycles. The van der Waals surface area contributed by atoms with Crippen molar-refractivity contribution >= 4 is 22.7 Å². The van der Waals surface area contributed by atoms with E-state index in [1.54, 1.807) is 6.07 Å². The van der Waals surface area contributed by atoms with E-state index in [1.807, 2.05) is 50.2 Å². The summed E-state index contributed by atoms with van der Waals surface area (Å²) in [5.74, 6) is 2.02. The molecule has 1 fully saturated rings. The lowest BCUT2D eigenvalue weighted by Gasteiger charge is -2.30. The number of nitrogens with one attached hydrogen (secondary N) is 2. The van der Waals surface area contributed by atoms with E-state index in [9.17, 15) is 5.11 Å². The molecule has 3 aromatic rings. The highest BCUT2D eigenvalue weighted by atomic mass is 16.3. The molecule has 1 aliphatic rings. The van der Waals surface area contributed by atoms with Crippen LogP contribution in [0.25, 0.3) is 10.9 Å². The van der Waals surface area contributed by atoms with E-state index < -0.39 is 0 Å². The number of aromatic nitrogens is 2. The highest BCUT2D eigenvalue weighted by Gasteiger charge is 2.22. The van der Waals surface area contributed by atoms with Gasteiger partial charge in [0.15, 0.2) is 0 Å². The van der Waals surface area contributed by atoms with Crippen LogP contribution in [0.3, 0.4) is 0 Å². The topological polar surface area (TPSA) is 73.3 Å². The van der Waals surface area contributed by atoms with Crippen LogP contribution in [-0.4, -0.2) is 41.3 Å². The Balaban J connectivity index is 1.34. The van der Waals surface area contributed by atoms with E-state index in [0.717, 1.165) is 54.5 Å². The predicted octanol–water partition coefficient (Wildman–Crippen LogP) is 4.22. The highest BCUT2D eigenvalue weighted by molar-refractivity contribution is 5.90. The molecule has 1 aromatic heterocycles. The number of rotatable bonds is 6. The van der Waals surface area contributed by atoms with Crippen LogP contribution in [0.5, 0.6) is 5.75 Å². The van der Waals surface area contributed by atoms with Crippen LogP contribution in [0, 0.1) is 6.92 Å². The first-order chi connectivity index (χ1) is 14.5. The van der Waals surface area contributed by atoms with Gasteiger partial charge in [0, 0.05) is 38.1 Å². The zero-order valence-electron chi connectivity index (χ0n) is 18.0. The fourth-order valence-corrected chi connectivity index (χ4v) is 4.18. The summed E-state index contributed by atoms with van der Waals surface area (Å²) in [6.07, 6.45) is 4.45. The van der Waals surface area contributed by atoms with Gasteiger partial charge < -0.3 is 20.6 Å². The van der Waals surface area contributed by atoms with Gasteiger partial charge in [-0.15, -0.1) is 0 Å². The number of aromatic hydroxyl groups is 1. The van der Waals surface area contributed by atoms with Crippen molar-refractivity contribution in [3.8, 4) is 5.75 Å². The van der Waals surface area contributed by atoms with Crippen LogP contribution in [0.15, 0.2) is 42.5 Å². The number of para-hydroxylation sites is 1. The highest BCUT2D eigenvalue weighted by Crippen LogP contribution is 2.26. The Morgan fingerprint density at radius 2 is 1.73 bits per heavy atom. The van der Waals surface area contributed by atoms with Crippen LogP contribution in [0.2, 0.25) is 0 Å². The number of nitrogens with zero attached hydrogens (tertiary/aromatic N) is 3. The maximum Gasteiger partial charge on any atom is 0.225 e. The van der Waals surface area contributed by atoms with E-state index in [1.165, 1.54) is 5.56 Å². The molecule has 0 aliphatic heterocycles. The van der Waals surface area contributed by atoms with Gasteiger partial charge >= 0.3 is 0 Å². The molecule has 0 spiro atoms. The van der Waals surface area contributed by atoms with Crippen molar-refractivity contribution in [2.45, 2.75) is 51.2 Å². The maximum absolute atomic E-state index is 9.68. The van der Waals surface area contributed by atoms with E-state index in [0.29, 0.717) is 23.8 Å². The number of phenols is 1. The second-order valence-corrected chi connectivity index (χ2v) is 8.48. The molecule has 0 bridgehead atoms. The van der Waals surface area contributed by atoms with Gasteiger partial charge in [-0.3, -0.25) is 0 Å². The van der Waals surface area contributed by atoms with Crippen LogP contribution < -0.4 is 15.5 Å². The first-order valence-corrected chi connectivity index (χ1v) is 10.7. The minimum atomic E-state index is 0.360. The second-order valence-electron chi connectivity index (χ2n) is 8.48. The van der Waals surface area contributed by atoms with Gasteiger partial charge in [0.25, 0.3) is 0 Å². The van der Waals surface area contributed by atoms with Gasteiger partial charge in [0.1, 0.15) is 11.6 Å². The monoisotopic (exact) mass is 405 g/mol. The summed E-state index contributed by atoms with van der Waals surface area (Å²) in [4.78, 5) is 11.6. The van der Waals surface area contributed by atoms with Crippen LogP contribution in [0.4, 0.5) is 11.8 Å². The number of benzene rings is 2. The van der Waals surface area contributed by atoms with Crippen molar-refractivity contribution in [1.82, 2.24) is 15.3 Å². The largest absolute Gasteiger partial charge is 0.508 e. The number of aryl methyl sites for hydroxylation is 1. The molecule has 1 aliphatic carbocycles. The summed E-state index contributed by atoms with van der Waals surface area (Å²) in [6, 6.07) is 14.9. The molecule has 158 valence electrons. The third-order valence-electron chi connectivity index (χ3n) is 5.92. The lowest BCUT2D eigenvalue weighted by atomic mass is 9.91. The average molecular weight is 406 g/mol. The molecule has 0 saturated heterocycles. The molecule has 0 amide bonds. The molecule has 2 aromatic carbocycles. The Morgan fingerprint density at radius 1 is 1.00 bits per heavy atom. The number of fused-ring (bicyclic) bond motifs is 1. The fourth-order valence-electron chi connectivity index (χ4n) is 4.18. The van der Waals surface area contributed by atoms with E-state index in [4.69, 9.17) is 9.97 Å². The molecule has 3 N–H and O–H groups in total. The van der Waals surface area contributed by atoms with Gasteiger partial charge in [0.05, 0.1) is 5.52 Å². The fraction of sp³-hybridized carbons (Fsp3) is 0.417. The van der Waals surface area contributed by atoms with Crippen LogP contribution in [0.1, 0.15) is 36.8 Å². The second kappa shape index (κ2) is 8.88. The summed E-state index contributed by atoms with van der Waals surface area (Å²) >= 11 is 0. The van der Waals surface area contributed by atoms with Crippen molar-refractivity contribution in [1.29, 1.82) is 0 Å². The van der Waals surface area contributed by atoms with Crippen molar-refractivity contribution in [3.63, 3.8) is 0 Å². The molecule has 1 saturated carbocycles. The Hall–Kier alpha value is -2.86. The Bertz CT molecular complexity index is 1010. The molecular formula is C24H31N5O. The summed E-state index contributed by atoms with van der Waals surface area (Å²) in [5.41, 5.74) is 3.11. The average Bonchev–Trinajstić information content (AvgIpc) is 2.75. The third-order valence-corrected chi connectivity index (χ3v) is 5.92. The smallest absolute Gasteiger partial charge is 0.225 e. The first-order valence-electron chi connectivity index (χ1n) is 10.7. The number of hydrogen-bond donors (Lipinski definition) is 3. The zero-order chi connectivity index (χ0) is 21.1. The molecule has 6 heteroatoms. The van der Waals surface area contributed by atoms with Gasteiger partial charge in [-0.2, -0.15) is 4.98 Å². The van der Waals surface area contributed by atoms with Crippen molar-refractivity contribution in [2.24, 2.45) is 0 Å². The summed E-state index contributed by atoms with van der Waals surface area (Å²) in [6.45, 7) is 2.77. The van der Waals surface area contributed by atoms with Gasteiger partial charge in [-0.05, 0) is 61.9 Å². The molecule has 4 rings (SSSR count). The van der Waals surface area contributed by atoms with Crippen molar-refractivity contribution < 1.29 is 5.11 Å². The molecule has 30 heavy (non-hydrogen) atoms. The minimum absolute atomic E-state index is 0.360. The van der Waals surface area contributed by atoms with Crippen LogP contribution in [-0.2, 0) is 6.54 Å². The van der Waals surface area contributed by atoms with Crippen LogP contribution >= 0.6 is 0 Å². The lowest BCUT2D eigenvalue weighted by Crippen LogP contribution is -2.37. The number of phenolic OH excluding ortho intramolecular Hbond substituents is 1. The summed E-state index contributed by atoms with van der Waals surface area (Å²) in [5, 5.41) is 18.0. The normalized spacial score (nSPS) is 19.0.